The fraction of sp³-hybridized carbons (Fsp3) is 0.515. The van der Waals surface area contributed by atoms with Crippen LogP contribution in [-0.4, -0.2) is 317 Å². The van der Waals surface area contributed by atoms with E-state index in [1.165, 1.54) is 24.3 Å². The summed E-state index contributed by atoms with van der Waals surface area (Å²) in [6, 6.07) is 17.9. The van der Waals surface area contributed by atoms with Crippen molar-refractivity contribution < 1.29 is 128 Å². The van der Waals surface area contributed by atoms with Gasteiger partial charge in [-0.1, -0.05) is 110 Å². The van der Waals surface area contributed by atoms with Crippen molar-refractivity contribution in [2.45, 2.75) is 172 Å². The third-order valence-corrected chi connectivity index (χ3v) is 19.3. The average Bonchev–Trinajstić information content (AvgIpc) is 1.53. The molecule has 0 spiro atoms. The van der Waals surface area contributed by atoms with Crippen LogP contribution in [0.1, 0.15) is 41.0 Å². The van der Waals surface area contributed by atoms with Gasteiger partial charge in [0.2, 0.25) is 41.7 Å². The molecule has 6 aliphatic heterocycles. The molecule has 0 aromatic heterocycles. The fourth-order valence-corrected chi connectivity index (χ4v) is 13.3. The minimum Gasteiger partial charge on any atom is -0.462 e. The van der Waals surface area contributed by atoms with Crippen LogP contribution in [0, 0.1) is 10.8 Å². The van der Waals surface area contributed by atoms with Crippen LogP contribution in [0.15, 0.2) is 115 Å². The van der Waals surface area contributed by atoms with E-state index in [1.807, 2.05) is 0 Å². The highest BCUT2D eigenvalue weighted by Crippen LogP contribution is 2.34. The normalized spacial score (nSPS) is 33.8. The molecule has 0 aliphatic carbocycles. The maximum absolute atomic E-state index is 15.2. The second kappa shape index (κ2) is 35.5. The highest BCUT2D eigenvalue weighted by molar-refractivity contribution is 5.98. The number of nitrogens with one attached hydrogen (secondary N) is 11. The first-order valence-electron chi connectivity index (χ1n) is 34.0. The van der Waals surface area contributed by atoms with Gasteiger partial charge in [0.25, 0.3) is 0 Å². The number of ether oxygens (including phenoxy) is 6. The van der Waals surface area contributed by atoms with Gasteiger partial charge in [0, 0.05) is 25.4 Å². The summed E-state index contributed by atoms with van der Waals surface area (Å²) in [4.78, 5) is 102. The molecule has 38 heteroatoms. The van der Waals surface area contributed by atoms with Gasteiger partial charge in [0.15, 0.2) is 24.4 Å². The minimum atomic E-state index is -2.37. The average molecular weight is 1490 g/mol. The second-order valence-electron chi connectivity index (χ2n) is 26.3. The molecule has 38 nitrogen and oxygen atoms in total. The van der Waals surface area contributed by atoms with Crippen molar-refractivity contribution in [3.63, 3.8) is 0 Å². The number of benzene rings is 4. The zero-order chi connectivity index (χ0) is 76.4. The van der Waals surface area contributed by atoms with Crippen LogP contribution in [0.25, 0.3) is 0 Å². The first kappa shape index (κ1) is 79.4. The molecule has 6 amide bonds. The van der Waals surface area contributed by atoms with Gasteiger partial charge >= 0.3 is 5.97 Å². The van der Waals surface area contributed by atoms with Gasteiger partial charge in [-0.25, -0.2) is 0 Å². The van der Waals surface area contributed by atoms with Crippen LogP contribution in [-0.2, 0) is 63.7 Å². The molecule has 6 aliphatic rings. The maximum Gasteiger partial charge on any atom is 0.318 e. The summed E-state index contributed by atoms with van der Waals surface area (Å²) in [6.45, 7) is -3.83. The van der Waals surface area contributed by atoms with Gasteiger partial charge in [-0.2, -0.15) is 0 Å². The van der Waals surface area contributed by atoms with Crippen molar-refractivity contribution in [1.29, 1.82) is 10.8 Å². The number of rotatable bonds is 21. The Morgan fingerprint density at radius 1 is 0.528 bits per heavy atom. The number of carbonyl (C=O) groups is 7. The van der Waals surface area contributed by atoms with Gasteiger partial charge in [-0.3, -0.25) is 44.4 Å². The summed E-state index contributed by atoms with van der Waals surface area (Å²) in [5.41, 5.74) is 1.84. The zero-order valence-electron chi connectivity index (χ0n) is 56.7. The molecule has 4 aromatic carbocycles. The van der Waals surface area contributed by atoms with Gasteiger partial charge in [0.05, 0.1) is 38.4 Å². The van der Waals surface area contributed by atoms with E-state index in [0.29, 0.717) is 16.7 Å². The Bertz CT molecular complexity index is 3660. The number of nitrogens with zero attached hydrogens (tertiary/aromatic N) is 1. The molecule has 106 heavy (non-hydrogen) atoms. The number of aliphatic hydroxyl groups is 13. The van der Waals surface area contributed by atoms with Crippen LogP contribution in [0.4, 0.5) is 0 Å². The van der Waals surface area contributed by atoms with E-state index in [-0.39, 0.29) is 23.8 Å². The Hall–Kier alpha value is -9.17. The van der Waals surface area contributed by atoms with Gasteiger partial charge in [0.1, 0.15) is 134 Å². The Morgan fingerprint density at radius 3 is 1.68 bits per heavy atom. The molecule has 4 aromatic rings. The molecule has 10 rings (SSSR count). The van der Waals surface area contributed by atoms with E-state index in [2.05, 4.69) is 47.9 Å². The number of hydrogen-bond acceptors (Lipinski definition) is 28. The lowest BCUT2D eigenvalue weighted by molar-refractivity contribution is -0.352. The molecule has 576 valence electrons. The van der Waals surface area contributed by atoms with Crippen LogP contribution >= 0.6 is 0 Å². The monoisotopic (exact) mass is 1490 g/mol. The van der Waals surface area contributed by atoms with Crippen molar-refractivity contribution in [1.82, 2.24) is 52.8 Å². The van der Waals surface area contributed by atoms with Crippen molar-refractivity contribution >= 4 is 53.3 Å². The van der Waals surface area contributed by atoms with Crippen molar-refractivity contribution in [2.75, 3.05) is 46.1 Å². The Labute approximate surface area is 604 Å². The predicted molar refractivity (Wildman–Crippen MR) is 360 cm³/mol. The highest BCUT2D eigenvalue weighted by atomic mass is 16.7. The second-order valence-corrected chi connectivity index (χ2v) is 26.3. The highest BCUT2D eigenvalue weighted by Gasteiger charge is 2.55. The molecule has 0 saturated carbocycles. The van der Waals surface area contributed by atoms with Gasteiger partial charge in [-0.15, -0.1) is 0 Å². The van der Waals surface area contributed by atoms with Crippen LogP contribution in [0.3, 0.4) is 0 Å². The minimum absolute atomic E-state index is 0.0983. The lowest BCUT2D eigenvalue weighted by Gasteiger charge is -2.46. The van der Waals surface area contributed by atoms with Gasteiger partial charge < -0.3 is 148 Å². The quantitative estimate of drug-likeness (QED) is 0.0345. The summed E-state index contributed by atoms with van der Waals surface area (Å²) in [5.74, 6) is -11.1. The largest absolute Gasteiger partial charge is 0.462 e. The lowest BCUT2D eigenvalue weighted by atomic mass is 9.91. The summed E-state index contributed by atoms with van der Waals surface area (Å²) >= 11 is 0. The van der Waals surface area contributed by atoms with E-state index < -0.39 is 252 Å². The van der Waals surface area contributed by atoms with Crippen LogP contribution < -0.4 is 52.6 Å². The molecule has 0 bridgehead atoms. The molecule has 0 radical (unpaired) electrons. The first-order chi connectivity index (χ1) is 50.7. The summed E-state index contributed by atoms with van der Waals surface area (Å²) in [5, 5.41) is 183. The van der Waals surface area contributed by atoms with Crippen molar-refractivity contribution in [3.8, 4) is 5.75 Å². The van der Waals surface area contributed by atoms with E-state index >= 15 is 9.59 Å². The van der Waals surface area contributed by atoms with E-state index in [4.69, 9.17) is 39.2 Å². The number of hydrogen-bond donors (Lipinski definition) is 24. The number of guanidine groups is 2. The maximum atomic E-state index is 15.2. The zero-order valence-corrected chi connectivity index (χ0v) is 56.7. The van der Waals surface area contributed by atoms with Crippen LogP contribution in [0.2, 0.25) is 0 Å². The molecule has 6 fully saturated rings. The molecule has 25 unspecified atom stereocenters. The molecule has 6 saturated heterocycles. The smallest absolute Gasteiger partial charge is 0.318 e. The number of esters is 1. The lowest BCUT2D eigenvalue weighted by Crippen LogP contribution is -2.69. The molecule has 24 N–H and O–H groups in total. The van der Waals surface area contributed by atoms with E-state index in [0.717, 1.165) is 4.90 Å². The van der Waals surface area contributed by atoms with Gasteiger partial charge in [-0.05, 0) is 34.4 Å². The van der Waals surface area contributed by atoms with Crippen molar-refractivity contribution in [3.05, 3.63) is 138 Å². The number of aliphatic hydroxyl groups excluding tert-OH is 13. The molecular formula is C68H88N12O26. The number of carbonyl (C=O) groups excluding carboxylic acids is 7. The molecular weight excluding hydrogens is 1400 g/mol. The summed E-state index contributed by atoms with van der Waals surface area (Å²) in [7, 11) is 0. The topological polar surface area (TPSA) is 597 Å². The first-order valence-corrected chi connectivity index (χ1v) is 34.0. The third-order valence-electron chi connectivity index (χ3n) is 19.3. The Morgan fingerprint density at radius 2 is 1.08 bits per heavy atom. The fourth-order valence-electron chi connectivity index (χ4n) is 13.3. The Balaban J connectivity index is 0.896. The summed E-state index contributed by atoms with van der Waals surface area (Å²) in [6.07, 6.45) is -32.8. The van der Waals surface area contributed by atoms with Crippen molar-refractivity contribution in [2.24, 2.45) is 0 Å². The van der Waals surface area contributed by atoms with E-state index in [1.54, 1.807) is 97.9 Å². The number of amides is 6. The van der Waals surface area contributed by atoms with Crippen LogP contribution in [0.5, 0.6) is 5.75 Å². The van der Waals surface area contributed by atoms with E-state index in [9.17, 15) is 90.4 Å². The molecule has 6 heterocycles. The standard InChI is InChI=1S/C68H88N12O26/c1-29(31-11-5-2-6-12-31)44-60(97)74-35(21-30-17-19-34(20-18-30)102-65-56(94)53(91)57(40(27-83)104-65)106-66-55(93)52(90)50(88)41(105-66)28-101-64(100)43(32-13-7-3-8-14-32)33-15-9-4-10-16-33)59(96)78-45(47(85)36-22-72-67(69)76-36)62(99)79-46(61(98)75-37(25-81)58(95)71-24-42(84)77-44)48(86)38-23-73-68(70)80(38)63-54(92)51(89)49(87)39(26-82)103-63/h2-20,29,35-41,43-57,63,65-66,81-83,85-94H,21-28H2,1H3,(H2,70,73)(H,71,95)(H,74,97)(H,75,98)(H,77,84)(H,78,96)(H,79,99)(H3,69,72,76). The summed E-state index contributed by atoms with van der Waals surface area (Å²) < 4.78 is 34.9. The third kappa shape index (κ3) is 18.1. The SMILES string of the molecule is CC(c1ccccc1)C1NC(=O)CNC(=O)C(CO)NC(=O)C(C(O)C2CNC(=N)N2C2OC(CO)C(O)C(O)C2O)NC(=O)C(C(O)C2CNC(=N)N2)NC(=O)C(Cc2ccc(OC3OC(CO)C(OC4OC(COC(=O)C(c5ccccc5)c5ccccc5)C(O)C(O)C4O)C(O)C3O)cc2)NC1=O. The Kier molecular flexibility index (Phi) is 26.6. The predicted octanol–water partition coefficient (Wildman–Crippen LogP) is -9.81. The molecule has 25 atom stereocenters.